The minimum atomic E-state index is -3.93. The normalized spacial score (nSPS) is 11.2. The summed E-state index contributed by atoms with van der Waals surface area (Å²) >= 11 is 1.50. The third-order valence-electron chi connectivity index (χ3n) is 5.04. The zero-order valence-corrected chi connectivity index (χ0v) is 20.0. The standard InChI is InChI=1S/C25H27FN2O3S2/c1-2-20-10-7-9-15-24(20)28(33(30,31)22-12-4-3-5-13-22)18-25(29)27-16-17-32-19-21-11-6-8-14-23(21)26/h3-15H,2,16-19H2,1H3,(H,27,29). The summed E-state index contributed by atoms with van der Waals surface area (Å²) in [6, 6.07) is 21.9. The summed E-state index contributed by atoms with van der Waals surface area (Å²) in [6.07, 6.45) is 0.630. The van der Waals surface area contributed by atoms with Gasteiger partial charge in [0.25, 0.3) is 10.0 Å². The summed E-state index contributed by atoms with van der Waals surface area (Å²) in [5.41, 5.74) is 1.95. The van der Waals surface area contributed by atoms with Crippen LogP contribution in [0.25, 0.3) is 0 Å². The van der Waals surface area contributed by atoms with Gasteiger partial charge in [-0.15, -0.1) is 0 Å². The van der Waals surface area contributed by atoms with E-state index in [1.165, 1.54) is 34.3 Å². The maximum Gasteiger partial charge on any atom is 0.264 e. The maximum absolute atomic E-state index is 13.7. The highest BCUT2D eigenvalue weighted by atomic mass is 32.2. The summed E-state index contributed by atoms with van der Waals surface area (Å²) in [4.78, 5) is 12.8. The molecule has 0 radical (unpaired) electrons. The lowest BCUT2D eigenvalue weighted by molar-refractivity contribution is -0.119. The molecule has 1 N–H and O–H groups in total. The first-order chi connectivity index (χ1) is 15.9. The Morgan fingerprint density at radius 3 is 2.27 bits per heavy atom. The van der Waals surface area contributed by atoms with Gasteiger partial charge in [-0.05, 0) is 41.8 Å². The Hall–Kier alpha value is -2.84. The number of thioether (sulfide) groups is 1. The van der Waals surface area contributed by atoms with Gasteiger partial charge in [0.2, 0.25) is 5.91 Å². The van der Waals surface area contributed by atoms with Crippen LogP contribution in [-0.4, -0.2) is 33.2 Å². The summed E-state index contributed by atoms with van der Waals surface area (Å²) in [6.45, 7) is 1.97. The van der Waals surface area contributed by atoms with Crippen LogP contribution >= 0.6 is 11.8 Å². The van der Waals surface area contributed by atoms with Crippen LogP contribution in [0.4, 0.5) is 10.1 Å². The Kier molecular flexibility index (Phi) is 8.91. The number of rotatable bonds is 11. The van der Waals surface area contributed by atoms with Crippen LogP contribution in [-0.2, 0) is 27.0 Å². The molecular weight excluding hydrogens is 459 g/mol. The number of hydrogen-bond acceptors (Lipinski definition) is 4. The van der Waals surface area contributed by atoms with Gasteiger partial charge >= 0.3 is 0 Å². The molecule has 1 amide bonds. The van der Waals surface area contributed by atoms with Crippen molar-refractivity contribution in [1.82, 2.24) is 5.32 Å². The lowest BCUT2D eigenvalue weighted by Crippen LogP contribution is -2.41. The number of anilines is 1. The van der Waals surface area contributed by atoms with E-state index >= 15 is 0 Å². The fraction of sp³-hybridized carbons (Fsp3) is 0.240. The smallest absolute Gasteiger partial charge is 0.264 e. The van der Waals surface area contributed by atoms with E-state index in [1.807, 2.05) is 19.1 Å². The molecule has 0 atom stereocenters. The van der Waals surface area contributed by atoms with E-state index in [1.54, 1.807) is 48.5 Å². The molecule has 0 spiro atoms. The molecule has 0 saturated carbocycles. The van der Waals surface area contributed by atoms with Crippen LogP contribution in [0, 0.1) is 5.82 Å². The Morgan fingerprint density at radius 2 is 1.58 bits per heavy atom. The van der Waals surface area contributed by atoms with Gasteiger partial charge in [-0.2, -0.15) is 11.8 Å². The minimum absolute atomic E-state index is 0.129. The van der Waals surface area contributed by atoms with Crippen molar-refractivity contribution in [2.45, 2.75) is 24.0 Å². The van der Waals surface area contributed by atoms with Crippen molar-refractivity contribution in [1.29, 1.82) is 0 Å². The number of carbonyl (C=O) groups is 1. The SMILES string of the molecule is CCc1ccccc1N(CC(=O)NCCSCc1ccccc1F)S(=O)(=O)c1ccccc1. The van der Waals surface area contributed by atoms with Gasteiger partial charge in [0.15, 0.2) is 0 Å². The number of benzene rings is 3. The molecular formula is C25H27FN2O3S2. The highest BCUT2D eigenvalue weighted by molar-refractivity contribution is 7.98. The quantitative estimate of drug-likeness (QED) is 0.401. The number of nitrogens with one attached hydrogen (secondary N) is 1. The Bertz CT molecular complexity index is 1170. The van der Waals surface area contributed by atoms with E-state index in [-0.39, 0.29) is 17.3 Å². The van der Waals surface area contributed by atoms with Gasteiger partial charge in [-0.25, -0.2) is 12.8 Å². The second kappa shape index (κ2) is 11.9. The first-order valence-electron chi connectivity index (χ1n) is 10.7. The molecule has 0 aliphatic rings. The van der Waals surface area contributed by atoms with Crippen LogP contribution < -0.4 is 9.62 Å². The van der Waals surface area contributed by atoms with Gasteiger partial charge in [0, 0.05) is 18.1 Å². The topological polar surface area (TPSA) is 66.5 Å². The fourth-order valence-electron chi connectivity index (χ4n) is 3.32. The molecule has 0 aliphatic heterocycles. The minimum Gasteiger partial charge on any atom is -0.354 e. The first kappa shape index (κ1) is 24.8. The molecule has 33 heavy (non-hydrogen) atoms. The highest BCUT2D eigenvalue weighted by Crippen LogP contribution is 2.27. The van der Waals surface area contributed by atoms with Crippen LogP contribution in [0.2, 0.25) is 0 Å². The Balaban J connectivity index is 1.67. The molecule has 5 nitrogen and oxygen atoms in total. The summed E-state index contributed by atoms with van der Waals surface area (Å²) < 4.78 is 41.7. The second-order valence-corrected chi connectivity index (χ2v) is 10.3. The number of amides is 1. The van der Waals surface area contributed by atoms with Crippen LogP contribution in [0.1, 0.15) is 18.1 Å². The van der Waals surface area contributed by atoms with Crippen molar-refractivity contribution in [2.75, 3.05) is 23.1 Å². The number of hydrogen-bond donors (Lipinski definition) is 1. The summed E-state index contributed by atoms with van der Waals surface area (Å²) in [5.74, 6) is 0.440. The van der Waals surface area contributed by atoms with E-state index in [0.29, 0.717) is 35.7 Å². The maximum atomic E-state index is 13.7. The van der Waals surface area contributed by atoms with Crippen LogP contribution in [0.3, 0.4) is 0 Å². The van der Waals surface area contributed by atoms with Gasteiger partial charge in [-0.1, -0.05) is 61.5 Å². The summed E-state index contributed by atoms with van der Waals surface area (Å²) in [5, 5.41) is 2.79. The van der Waals surface area contributed by atoms with E-state index in [4.69, 9.17) is 0 Å². The van der Waals surface area contributed by atoms with Crippen molar-refractivity contribution in [3.8, 4) is 0 Å². The zero-order valence-electron chi connectivity index (χ0n) is 18.4. The number of nitrogens with zero attached hydrogens (tertiary/aromatic N) is 1. The van der Waals surface area contributed by atoms with Crippen molar-refractivity contribution in [3.63, 3.8) is 0 Å². The summed E-state index contributed by atoms with van der Waals surface area (Å²) in [7, 11) is -3.93. The number of aryl methyl sites for hydroxylation is 1. The van der Waals surface area contributed by atoms with Crippen molar-refractivity contribution in [3.05, 3.63) is 95.8 Å². The third kappa shape index (κ3) is 6.58. The molecule has 0 saturated heterocycles. The number of halogens is 1. The van der Waals surface area contributed by atoms with E-state index in [9.17, 15) is 17.6 Å². The lowest BCUT2D eigenvalue weighted by atomic mass is 10.1. The second-order valence-electron chi connectivity index (χ2n) is 7.30. The van der Waals surface area contributed by atoms with Gasteiger partial charge in [0.1, 0.15) is 12.4 Å². The molecule has 0 unspecified atom stereocenters. The molecule has 0 aromatic heterocycles. The average molecular weight is 487 g/mol. The van der Waals surface area contributed by atoms with Gasteiger partial charge in [0.05, 0.1) is 10.6 Å². The predicted molar refractivity (Wildman–Crippen MR) is 132 cm³/mol. The van der Waals surface area contributed by atoms with Gasteiger partial charge < -0.3 is 5.32 Å². The fourth-order valence-corrected chi connectivity index (χ4v) is 5.64. The monoisotopic (exact) mass is 486 g/mol. The molecule has 0 fully saturated rings. The Morgan fingerprint density at radius 1 is 0.939 bits per heavy atom. The molecule has 174 valence electrons. The molecule has 3 aromatic rings. The predicted octanol–water partition coefficient (Wildman–Crippen LogP) is 4.63. The van der Waals surface area contributed by atoms with Crippen LogP contribution in [0.15, 0.2) is 83.8 Å². The van der Waals surface area contributed by atoms with Crippen molar-refractivity contribution in [2.24, 2.45) is 0 Å². The van der Waals surface area contributed by atoms with E-state index in [2.05, 4.69) is 5.32 Å². The Labute approximate surface area is 199 Å². The highest BCUT2D eigenvalue weighted by Gasteiger charge is 2.28. The molecule has 3 aromatic carbocycles. The first-order valence-corrected chi connectivity index (χ1v) is 13.3. The largest absolute Gasteiger partial charge is 0.354 e. The number of sulfonamides is 1. The molecule has 0 heterocycles. The van der Waals surface area contributed by atoms with Crippen molar-refractivity contribution < 1.29 is 17.6 Å². The molecule has 0 bridgehead atoms. The van der Waals surface area contributed by atoms with Crippen molar-refractivity contribution >= 4 is 33.4 Å². The van der Waals surface area contributed by atoms with E-state index < -0.39 is 15.9 Å². The average Bonchev–Trinajstić information content (AvgIpc) is 2.84. The lowest BCUT2D eigenvalue weighted by Gasteiger charge is -2.26. The zero-order chi connectivity index (χ0) is 23.7. The van der Waals surface area contributed by atoms with E-state index in [0.717, 1.165) is 5.56 Å². The molecule has 8 heteroatoms. The van der Waals surface area contributed by atoms with Crippen LogP contribution in [0.5, 0.6) is 0 Å². The molecule has 0 aliphatic carbocycles. The number of carbonyl (C=O) groups excluding carboxylic acids is 1. The number of para-hydroxylation sites is 1. The van der Waals surface area contributed by atoms with Gasteiger partial charge in [-0.3, -0.25) is 9.10 Å². The molecule has 3 rings (SSSR count). The third-order valence-corrected chi connectivity index (χ3v) is 7.83.